The predicted molar refractivity (Wildman–Crippen MR) is 154 cm³/mol. The van der Waals surface area contributed by atoms with Crippen LogP contribution in [0, 0.1) is 0 Å². The van der Waals surface area contributed by atoms with E-state index >= 15 is 0 Å². The number of hydrogen-bond donors (Lipinski definition) is 1. The quantitative estimate of drug-likeness (QED) is 0.270. The molecule has 2 aromatic carbocycles. The van der Waals surface area contributed by atoms with Crippen LogP contribution in [0.25, 0.3) is 21.8 Å². The lowest BCUT2D eigenvalue weighted by atomic mass is 10.1. The van der Waals surface area contributed by atoms with Crippen molar-refractivity contribution in [1.29, 1.82) is 0 Å². The summed E-state index contributed by atoms with van der Waals surface area (Å²) in [4.78, 5) is 29.9. The fraction of sp³-hybridized carbons (Fsp3) is 0.323. The van der Waals surface area contributed by atoms with E-state index in [1.165, 1.54) is 10.9 Å². The highest BCUT2D eigenvalue weighted by Gasteiger charge is 2.21. The van der Waals surface area contributed by atoms with E-state index < -0.39 is 5.60 Å². The first-order valence-corrected chi connectivity index (χ1v) is 13.2. The molecule has 0 spiro atoms. The topological polar surface area (TPSA) is 79.3 Å². The van der Waals surface area contributed by atoms with Gasteiger partial charge in [-0.25, -0.2) is 4.79 Å². The molecule has 0 radical (unpaired) electrons. The number of nitrogens with zero attached hydrogens (tertiary/aromatic N) is 5. The molecule has 3 heterocycles. The molecular formula is C31H36N6O2. The third-order valence-electron chi connectivity index (χ3n) is 6.56. The number of carbonyl (C=O) groups excluding carboxylic acids is 1. The Morgan fingerprint density at radius 2 is 1.44 bits per heavy atom. The van der Waals surface area contributed by atoms with E-state index in [1.807, 2.05) is 76.7 Å². The summed E-state index contributed by atoms with van der Waals surface area (Å²) in [7, 11) is 4.14. The molecule has 8 nitrogen and oxygen atoms in total. The zero-order valence-electron chi connectivity index (χ0n) is 23.3. The third-order valence-corrected chi connectivity index (χ3v) is 6.56. The highest BCUT2D eigenvalue weighted by Crippen LogP contribution is 2.24. The van der Waals surface area contributed by atoms with Crippen molar-refractivity contribution in [2.75, 3.05) is 14.1 Å². The average molecular weight is 525 g/mol. The monoisotopic (exact) mass is 524 g/mol. The third kappa shape index (κ3) is 6.35. The van der Waals surface area contributed by atoms with Gasteiger partial charge in [-0.1, -0.05) is 36.4 Å². The van der Waals surface area contributed by atoms with Crippen molar-refractivity contribution in [3.63, 3.8) is 0 Å². The van der Waals surface area contributed by atoms with Gasteiger partial charge in [0, 0.05) is 54.9 Å². The Hall–Kier alpha value is -4.01. The molecule has 0 saturated heterocycles. The van der Waals surface area contributed by atoms with Gasteiger partial charge >= 0.3 is 6.09 Å². The minimum atomic E-state index is -0.560. The van der Waals surface area contributed by atoms with Crippen molar-refractivity contribution in [1.82, 2.24) is 29.3 Å². The number of benzene rings is 2. The van der Waals surface area contributed by atoms with E-state index in [0.29, 0.717) is 19.6 Å². The molecule has 0 atom stereocenters. The number of carbonyl (C=O) groups is 1. The molecule has 39 heavy (non-hydrogen) atoms. The van der Waals surface area contributed by atoms with Crippen LogP contribution in [0.3, 0.4) is 0 Å². The fourth-order valence-corrected chi connectivity index (χ4v) is 4.89. The second kappa shape index (κ2) is 11.0. The van der Waals surface area contributed by atoms with Gasteiger partial charge in [0.2, 0.25) is 0 Å². The molecule has 1 N–H and O–H groups in total. The van der Waals surface area contributed by atoms with Crippen LogP contribution in [0.15, 0.2) is 73.3 Å². The number of rotatable bonds is 8. The molecule has 0 bridgehead atoms. The summed E-state index contributed by atoms with van der Waals surface area (Å²) in [6.07, 6.45) is 7.31. The van der Waals surface area contributed by atoms with E-state index in [0.717, 1.165) is 39.9 Å². The van der Waals surface area contributed by atoms with E-state index in [9.17, 15) is 4.79 Å². The van der Waals surface area contributed by atoms with Crippen molar-refractivity contribution >= 4 is 27.9 Å². The van der Waals surface area contributed by atoms with Crippen molar-refractivity contribution in [3.05, 3.63) is 95.8 Å². The SMILES string of the molecule is CN(Cc1cnc(CN(C)Cc2cn(C(=O)OC(C)(C)C)c3ccccc23)cn1)Cc1c[nH]c2ccccc12. The summed E-state index contributed by atoms with van der Waals surface area (Å²) in [6, 6.07) is 16.3. The Morgan fingerprint density at radius 1 is 0.846 bits per heavy atom. The van der Waals surface area contributed by atoms with Crippen molar-refractivity contribution in [2.24, 2.45) is 0 Å². The number of nitrogens with one attached hydrogen (secondary N) is 1. The molecule has 0 amide bonds. The second-order valence-corrected chi connectivity index (χ2v) is 11.2. The normalized spacial score (nSPS) is 12.2. The summed E-state index contributed by atoms with van der Waals surface area (Å²) in [6.45, 7) is 8.47. The van der Waals surface area contributed by atoms with Gasteiger partial charge in [0.1, 0.15) is 5.60 Å². The van der Waals surface area contributed by atoms with Crippen LogP contribution >= 0.6 is 0 Å². The molecule has 3 aromatic heterocycles. The van der Waals surface area contributed by atoms with Gasteiger partial charge < -0.3 is 9.72 Å². The molecular weight excluding hydrogens is 488 g/mol. The Bertz CT molecular complexity index is 1580. The minimum Gasteiger partial charge on any atom is -0.443 e. The van der Waals surface area contributed by atoms with E-state index in [-0.39, 0.29) is 6.09 Å². The molecule has 5 aromatic rings. The van der Waals surface area contributed by atoms with E-state index in [4.69, 9.17) is 4.74 Å². The highest BCUT2D eigenvalue weighted by molar-refractivity contribution is 5.92. The van der Waals surface area contributed by atoms with Gasteiger partial charge in [-0.2, -0.15) is 0 Å². The molecule has 0 aliphatic heterocycles. The maximum Gasteiger partial charge on any atom is 0.419 e. The lowest BCUT2D eigenvalue weighted by Crippen LogP contribution is -2.26. The predicted octanol–water partition coefficient (Wildman–Crippen LogP) is 5.96. The van der Waals surface area contributed by atoms with Gasteiger partial charge in [0.25, 0.3) is 0 Å². The smallest absolute Gasteiger partial charge is 0.419 e. The van der Waals surface area contributed by atoms with Crippen LogP contribution in [0.4, 0.5) is 4.79 Å². The van der Waals surface area contributed by atoms with Crippen LogP contribution in [0.2, 0.25) is 0 Å². The number of aromatic nitrogens is 4. The Kier molecular flexibility index (Phi) is 7.50. The lowest BCUT2D eigenvalue weighted by Gasteiger charge is -2.19. The second-order valence-electron chi connectivity index (χ2n) is 11.2. The largest absolute Gasteiger partial charge is 0.443 e. The van der Waals surface area contributed by atoms with E-state index in [1.54, 1.807) is 4.57 Å². The standard InChI is InChI=1S/C31H36N6O2/c1-31(2,3)39-30(38)37-19-23(27-11-7-9-13-29(27)37)18-36(5)21-25-16-32-24(15-33-25)20-35(4)17-22-14-34-28-12-8-6-10-26(22)28/h6-16,19,34H,17-18,20-21H2,1-5H3. The number of ether oxygens (including phenoxy) is 1. The number of fused-ring (bicyclic) bond motifs is 2. The first-order chi connectivity index (χ1) is 18.7. The molecule has 0 unspecified atom stereocenters. The van der Waals surface area contributed by atoms with Gasteiger partial charge in [0.05, 0.1) is 29.3 Å². The average Bonchev–Trinajstić information content (AvgIpc) is 3.46. The summed E-state index contributed by atoms with van der Waals surface area (Å²) in [5.41, 5.74) is 5.60. The number of aromatic amines is 1. The van der Waals surface area contributed by atoms with Crippen LogP contribution in [0.1, 0.15) is 43.3 Å². The maximum absolute atomic E-state index is 12.8. The summed E-state index contributed by atoms with van der Waals surface area (Å²) in [5.74, 6) is 0. The molecule has 8 heteroatoms. The van der Waals surface area contributed by atoms with Crippen LogP contribution in [-0.2, 0) is 30.9 Å². The van der Waals surface area contributed by atoms with Gasteiger partial charge in [0.15, 0.2) is 0 Å². The van der Waals surface area contributed by atoms with Crippen LogP contribution in [-0.4, -0.2) is 55.1 Å². The lowest BCUT2D eigenvalue weighted by molar-refractivity contribution is 0.0544. The zero-order valence-corrected chi connectivity index (χ0v) is 23.3. The van der Waals surface area contributed by atoms with E-state index in [2.05, 4.69) is 56.2 Å². The van der Waals surface area contributed by atoms with Crippen molar-refractivity contribution < 1.29 is 9.53 Å². The Morgan fingerprint density at radius 3 is 2.08 bits per heavy atom. The van der Waals surface area contributed by atoms with Gasteiger partial charge in [-0.05, 0) is 58.1 Å². The minimum absolute atomic E-state index is 0.372. The van der Waals surface area contributed by atoms with Crippen LogP contribution in [0.5, 0.6) is 0 Å². The first kappa shape index (κ1) is 26.6. The number of para-hydroxylation sites is 2. The molecule has 202 valence electrons. The van der Waals surface area contributed by atoms with Crippen molar-refractivity contribution in [3.8, 4) is 0 Å². The van der Waals surface area contributed by atoms with Crippen molar-refractivity contribution in [2.45, 2.75) is 52.6 Å². The Labute approximate surface area is 229 Å². The number of H-pyrrole nitrogens is 1. The summed E-state index contributed by atoms with van der Waals surface area (Å²) >= 11 is 0. The maximum atomic E-state index is 12.8. The molecule has 5 rings (SSSR count). The fourth-order valence-electron chi connectivity index (χ4n) is 4.89. The Balaban J connectivity index is 1.21. The molecule has 0 aliphatic rings. The number of hydrogen-bond acceptors (Lipinski definition) is 6. The first-order valence-electron chi connectivity index (χ1n) is 13.2. The molecule has 0 saturated carbocycles. The molecule has 0 fully saturated rings. The molecule has 0 aliphatic carbocycles. The van der Waals surface area contributed by atoms with Crippen LogP contribution < -0.4 is 0 Å². The van der Waals surface area contributed by atoms with Gasteiger partial charge in [-0.3, -0.25) is 24.3 Å². The zero-order chi connectivity index (χ0) is 27.6. The summed E-state index contributed by atoms with van der Waals surface area (Å²) < 4.78 is 7.22. The summed E-state index contributed by atoms with van der Waals surface area (Å²) in [5, 5.41) is 2.29. The highest BCUT2D eigenvalue weighted by atomic mass is 16.6. The van der Waals surface area contributed by atoms with Gasteiger partial charge in [-0.15, -0.1) is 0 Å².